The zero-order chi connectivity index (χ0) is 16.7. The zero-order valence-electron chi connectivity index (χ0n) is 13.4. The maximum absolute atomic E-state index is 12.1. The summed E-state index contributed by atoms with van der Waals surface area (Å²) < 4.78 is 0. The Hall–Kier alpha value is -2.46. The van der Waals surface area contributed by atoms with E-state index in [-0.39, 0.29) is 12.5 Å². The maximum Gasteiger partial charge on any atom is 0.242 e. The Kier molecular flexibility index (Phi) is 5.66. The summed E-state index contributed by atoms with van der Waals surface area (Å²) in [5.74, 6) is -0.229. The minimum Gasteiger partial charge on any atom is -0.388 e. The summed E-state index contributed by atoms with van der Waals surface area (Å²) in [7, 11) is 0. The molecule has 1 amide bonds. The SMILES string of the molecule is CC(C)(O)[C@H](NC(=O)CN=Cc1ccccc1)c1ccccc1. The van der Waals surface area contributed by atoms with Crippen LogP contribution in [0.3, 0.4) is 0 Å². The highest BCUT2D eigenvalue weighted by Crippen LogP contribution is 2.25. The van der Waals surface area contributed by atoms with Crippen molar-refractivity contribution in [2.45, 2.75) is 25.5 Å². The quantitative estimate of drug-likeness (QED) is 0.806. The lowest BCUT2D eigenvalue weighted by atomic mass is 9.92. The predicted molar refractivity (Wildman–Crippen MR) is 92.5 cm³/mol. The van der Waals surface area contributed by atoms with Crippen LogP contribution < -0.4 is 5.32 Å². The van der Waals surface area contributed by atoms with Gasteiger partial charge in [-0.1, -0.05) is 60.7 Å². The van der Waals surface area contributed by atoms with Crippen molar-refractivity contribution in [3.63, 3.8) is 0 Å². The fraction of sp³-hybridized carbons (Fsp3) is 0.263. The Morgan fingerprint density at radius 1 is 1.13 bits per heavy atom. The van der Waals surface area contributed by atoms with Crippen LogP contribution >= 0.6 is 0 Å². The molecule has 0 bridgehead atoms. The van der Waals surface area contributed by atoms with Gasteiger partial charge in [0.2, 0.25) is 5.91 Å². The van der Waals surface area contributed by atoms with Crippen molar-refractivity contribution in [2.24, 2.45) is 4.99 Å². The highest BCUT2D eigenvalue weighted by Gasteiger charge is 2.29. The van der Waals surface area contributed by atoms with Gasteiger partial charge in [0, 0.05) is 6.21 Å². The van der Waals surface area contributed by atoms with Crippen molar-refractivity contribution >= 4 is 12.1 Å². The van der Waals surface area contributed by atoms with Gasteiger partial charge in [-0.25, -0.2) is 0 Å². The smallest absolute Gasteiger partial charge is 0.242 e. The van der Waals surface area contributed by atoms with E-state index in [1.165, 1.54) is 0 Å². The van der Waals surface area contributed by atoms with Crippen LogP contribution in [0.2, 0.25) is 0 Å². The van der Waals surface area contributed by atoms with Crippen LogP contribution in [0.5, 0.6) is 0 Å². The average Bonchev–Trinajstić information content (AvgIpc) is 2.53. The number of rotatable bonds is 6. The molecule has 0 aliphatic heterocycles. The summed E-state index contributed by atoms with van der Waals surface area (Å²) in [4.78, 5) is 16.3. The number of amides is 1. The van der Waals surface area contributed by atoms with Gasteiger partial charge < -0.3 is 10.4 Å². The van der Waals surface area contributed by atoms with E-state index in [1.807, 2.05) is 60.7 Å². The topological polar surface area (TPSA) is 61.7 Å². The second-order valence-corrected chi connectivity index (χ2v) is 5.95. The van der Waals surface area contributed by atoms with Crippen LogP contribution in [-0.2, 0) is 4.79 Å². The molecule has 2 aromatic carbocycles. The molecule has 0 aliphatic carbocycles. The Morgan fingerprint density at radius 3 is 2.26 bits per heavy atom. The third-order valence-corrected chi connectivity index (χ3v) is 3.42. The van der Waals surface area contributed by atoms with Crippen LogP contribution in [-0.4, -0.2) is 29.4 Å². The third kappa shape index (κ3) is 5.34. The summed E-state index contributed by atoms with van der Waals surface area (Å²) in [6, 6.07) is 18.6. The highest BCUT2D eigenvalue weighted by molar-refractivity contribution is 5.84. The van der Waals surface area contributed by atoms with Gasteiger partial charge in [0.25, 0.3) is 0 Å². The van der Waals surface area contributed by atoms with E-state index in [4.69, 9.17) is 0 Å². The lowest BCUT2D eigenvalue weighted by molar-refractivity contribution is -0.122. The Bertz CT molecular complexity index is 646. The first-order valence-electron chi connectivity index (χ1n) is 7.58. The van der Waals surface area contributed by atoms with Crippen LogP contribution in [0.4, 0.5) is 0 Å². The molecular weight excluding hydrogens is 288 g/mol. The van der Waals surface area contributed by atoms with Crippen molar-refractivity contribution in [2.75, 3.05) is 6.54 Å². The largest absolute Gasteiger partial charge is 0.388 e. The molecule has 0 heterocycles. The van der Waals surface area contributed by atoms with E-state index >= 15 is 0 Å². The molecule has 0 spiro atoms. The first-order chi connectivity index (χ1) is 11.0. The molecule has 23 heavy (non-hydrogen) atoms. The lowest BCUT2D eigenvalue weighted by Gasteiger charge is -2.30. The van der Waals surface area contributed by atoms with E-state index in [1.54, 1.807) is 20.1 Å². The minimum absolute atomic E-state index is 0.0221. The van der Waals surface area contributed by atoms with E-state index in [0.717, 1.165) is 11.1 Å². The highest BCUT2D eigenvalue weighted by atomic mass is 16.3. The monoisotopic (exact) mass is 310 g/mol. The van der Waals surface area contributed by atoms with Gasteiger partial charge in [-0.05, 0) is 25.0 Å². The minimum atomic E-state index is -1.07. The first kappa shape index (κ1) is 16.9. The molecule has 1 atom stereocenters. The molecule has 2 N–H and O–H groups in total. The van der Waals surface area contributed by atoms with Crippen molar-refractivity contribution in [1.29, 1.82) is 0 Å². The van der Waals surface area contributed by atoms with Crippen molar-refractivity contribution in [3.8, 4) is 0 Å². The molecule has 0 saturated heterocycles. The Balaban J connectivity index is 2.00. The molecule has 2 aromatic rings. The molecule has 0 radical (unpaired) electrons. The lowest BCUT2D eigenvalue weighted by Crippen LogP contribution is -2.43. The number of carbonyl (C=O) groups is 1. The summed E-state index contributed by atoms with van der Waals surface area (Å²) in [6.07, 6.45) is 1.67. The number of aliphatic imine (C=N–C) groups is 1. The van der Waals surface area contributed by atoms with Crippen molar-refractivity contribution in [1.82, 2.24) is 5.32 Å². The van der Waals surface area contributed by atoms with Gasteiger partial charge in [-0.3, -0.25) is 9.79 Å². The van der Waals surface area contributed by atoms with Crippen LogP contribution in [0.1, 0.15) is 31.0 Å². The molecule has 120 valence electrons. The Morgan fingerprint density at radius 2 is 1.70 bits per heavy atom. The number of nitrogens with zero attached hydrogens (tertiary/aromatic N) is 1. The zero-order valence-corrected chi connectivity index (χ0v) is 13.4. The molecule has 2 rings (SSSR count). The second kappa shape index (κ2) is 7.70. The average molecular weight is 310 g/mol. The summed E-state index contributed by atoms with van der Waals surface area (Å²) >= 11 is 0. The number of hydrogen-bond donors (Lipinski definition) is 2. The standard InChI is InChI=1S/C19H22N2O2/c1-19(2,23)18(16-11-7-4-8-12-16)21-17(22)14-20-13-15-9-5-3-6-10-15/h3-13,18,23H,14H2,1-2H3,(H,21,22)/t18-/m1/s1. The van der Waals surface area contributed by atoms with Gasteiger partial charge in [0.1, 0.15) is 6.54 Å². The molecule has 0 fully saturated rings. The molecule has 0 saturated carbocycles. The summed E-state index contributed by atoms with van der Waals surface area (Å²) in [6.45, 7) is 3.38. The van der Waals surface area contributed by atoms with Gasteiger partial charge in [-0.2, -0.15) is 0 Å². The van der Waals surface area contributed by atoms with Gasteiger partial charge in [0.15, 0.2) is 0 Å². The maximum atomic E-state index is 12.1. The van der Waals surface area contributed by atoms with Gasteiger partial charge in [-0.15, -0.1) is 0 Å². The predicted octanol–water partition coefficient (Wildman–Crippen LogP) is 2.73. The Labute approximate surface area is 136 Å². The number of aliphatic hydroxyl groups is 1. The fourth-order valence-corrected chi connectivity index (χ4v) is 2.29. The van der Waals surface area contributed by atoms with Gasteiger partial charge in [0.05, 0.1) is 11.6 Å². The number of benzene rings is 2. The van der Waals surface area contributed by atoms with Crippen LogP contribution in [0.25, 0.3) is 0 Å². The normalized spacial score (nSPS) is 13.0. The fourth-order valence-electron chi connectivity index (χ4n) is 2.29. The van der Waals surface area contributed by atoms with E-state index in [0.29, 0.717) is 0 Å². The second-order valence-electron chi connectivity index (χ2n) is 5.95. The third-order valence-electron chi connectivity index (χ3n) is 3.42. The molecule has 4 nitrogen and oxygen atoms in total. The van der Waals surface area contributed by atoms with E-state index < -0.39 is 11.6 Å². The summed E-state index contributed by atoms with van der Waals surface area (Å²) in [5.41, 5.74) is 0.739. The van der Waals surface area contributed by atoms with E-state index in [2.05, 4.69) is 10.3 Å². The van der Waals surface area contributed by atoms with Crippen molar-refractivity contribution in [3.05, 3.63) is 71.8 Å². The molecule has 0 aliphatic rings. The van der Waals surface area contributed by atoms with Crippen molar-refractivity contribution < 1.29 is 9.90 Å². The van der Waals surface area contributed by atoms with Crippen LogP contribution in [0, 0.1) is 0 Å². The molecular formula is C19H22N2O2. The molecule has 0 unspecified atom stereocenters. The first-order valence-corrected chi connectivity index (χ1v) is 7.58. The van der Waals surface area contributed by atoms with Crippen LogP contribution in [0.15, 0.2) is 65.7 Å². The van der Waals surface area contributed by atoms with Gasteiger partial charge >= 0.3 is 0 Å². The number of hydrogen-bond acceptors (Lipinski definition) is 3. The number of nitrogens with one attached hydrogen (secondary N) is 1. The van der Waals surface area contributed by atoms with E-state index in [9.17, 15) is 9.90 Å². The summed E-state index contributed by atoms with van der Waals surface area (Å²) in [5, 5.41) is 13.2. The molecule has 0 aromatic heterocycles. The molecule has 4 heteroatoms. The number of carbonyl (C=O) groups excluding carboxylic acids is 1.